The molecule has 15 rings (SSSR count). The van der Waals surface area contributed by atoms with Crippen molar-refractivity contribution in [3.8, 4) is 80.1 Å². The summed E-state index contributed by atoms with van der Waals surface area (Å²) in [6, 6.07) is 31.8. The van der Waals surface area contributed by atoms with Crippen molar-refractivity contribution in [1.82, 2.24) is 0 Å². The second kappa shape index (κ2) is 42.3. The second-order valence-corrected chi connectivity index (χ2v) is 34.0. The number of benzene rings is 7. The summed E-state index contributed by atoms with van der Waals surface area (Å²) in [5.74, 6) is 5.11. The number of ketones is 1. The molecule has 642 valence electrons. The summed E-state index contributed by atoms with van der Waals surface area (Å²) in [7, 11) is -0.280. The molecule has 119 heavy (non-hydrogen) atoms. The van der Waals surface area contributed by atoms with Crippen LogP contribution < -0.4 is 62.3 Å². The number of aliphatic hydroxyl groups excluding tert-OH is 1. The SMILES string of the molecule is Brc1ccc2c(c1)OCCO2.CC1(C)OB(c2ccc3c(c2)CCCO3)OC1(C)C.CCOC(=O)C(=O)c1cc2c(cc1Br)OCCO2.CCOC(=O)C(O)c1cc2c(cc1Br)OCCO2.CCOC(=O)C(OC(C)(C)C)c1cc2c(cc1-c1ccc3c(c1)CCCO3)OCCO2.CCOC(=O)C(OC(C)(C)C)c1cc2c(cc1Br)OCCO2. The number of fused-ring (bicyclic) bond motifs is 7. The van der Waals surface area contributed by atoms with Crippen LogP contribution in [0.5, 0.6) is 69.0 Å². The molecule has 0 spiro atoms. The first kappa shape index (κ1) is 92.8. The number of hydrogen-bond acceptors (Lipinski definition) is 26. The van der Waals surface area contributed by atoms with Crippen LogP contribution in [0.1, 0.15) is 166 Å². The van der Waals surface area contributed by atoms with Gasteiger partial charge in [0.05, 0.1) is 62.0 Å². The van der Waals surface area contributed by atoms with E-state index in [0.717, 1.165) is 93.0 Å². The molecule has 0 saturated carbocycles. The van der Waals surface area contributed by atoms with Crippen LogP contribution in [0.25, 0.3) is 11.1 Å². The number of esters is 4. The Morgan fingerprint density at radius 1 is 0.403 bits per heavy atom. The molecule has 26 nitrogen and oxygen atoms in total. The van der Waals surface area contributed by atoms with E-state index in [1.54, 1.807) is 58.0 Å². The lowest BCUT2D eigenvalue weighted by molar-refractivity contribution is -0.167. The molecule has 0 aliphatic carbocycles. The van der Waals surface area contributed by atoms with Gasteiger partial charge >= 0.3 is 31.0 Å². The second-order valence-electron chi connectivity index (χ2n) is 30.5. The molecule has 1 saturated heterocycles. The van der Waals surface area contributed by atoms with Crippen molar-refractivity contribution in [2.24, 2.45) is 0 Å². The average Bonchev–Trinajstić information content (AvgIpc) is 1.75. The summed E-state index contributed by atoms with van der Waals surface area (Å²) < 4.78 is 113. The highest BCUT2D eigenvalue weighted by molar-refractivity contribution is 9.11. The Balaban J connectivity index is 0.000000154. The minimum absolute atomic E-state index is 0.159. The van der Waals surface area contributed by atoms with Crippen LogP contribution in [0, 0.1) is 0 Å². The van der Waals surface area contributed by atoms with E-state index in [1.165, 1.54) is 11.6 Å². The molecule has 7 aromatic carbocycles. The standard InChI is InChI=1S/C25H30O6.C16H21BrO5.C15H21BO3.C12H13BrO5.C12H11BrO5.C8H7BrO2/c1-5-27-24(26)23(31-25(2,3)4)19-15-22-21(29-11-12-30-22)14-18(19)16-8-9-20-17(13-16)7-6-10-28-20;1-5-19-15(18)14(22-16(2,3)4)10-8-12-13(9-11(10)17)21-7-6-20-12;1-14(2)15(3,4)19-16(18-14)12-7-8-13-11(10-12)6-5-9-17-13;2*1-2-16-12(15)11(14)7-5-9-10(6-8(7)13)18-4-3-17-9;9-6-1-2-7-8(5-6)11-4-3-10-7/h8-9,13-15,23H,5-7,10-12H2,1-4H3;8-9,14H,5-7H2,1-4H3;7-8,10H,5-6,9H2,1-4H3;5-6,11,14H,2-4H2,1H3;5-6H,2-4H2,1H3;1-2,5H,3-4H2. The number of aliphatic hydroxyl groups is 1. The Morgan fingerprint density at radius 3 is 1.25 bits per heavy atom. The number of ether oxygens (including phenoxy) is 18. The predicted molar refractivity (Wildman–Crippen MR) is 456 cm³/mol. The first-order chi connectivity index (χ1) is 56.7. The fraction of sp³-hybridized carbons (Fsp3) is 0.466. The van der Waals surface area contributed by atoms with Crippen LogP contribution in [0.15, 0.2) is 121 Å². The van der Waals surface area contributed by atoms with E-state index in [4.69, 9.17) is 89.8 Å². The normalized spacial score (nSPS) is 16.4. The van der Waals surface area contributed by atoms with Gasteiger partial charge in [0.2, 0.25) is 0 Å². The van der Waals surface area contributed by atoms with Crippen LogP contribution >= 0.6 is 63.7 Å². The van der Waals surface area contributed by atoms with E-state index in [2.05, 4.69) is 108 Å². The predicted octanol–water partition coefficient (Wildman–Crippen LogP) is 16.8. The third-order valence-corrected chi connectivity index (χ3v) is 21.4. The Bertz CT molecular complexity index is 4700. The molecule has 1 N–H and O–H groups in total. The van der Waals surface area contributed by atoms with Crippen LogP contribution in [-0.4, -0.2) is 170 Å². The molecule has 8 aliphatic heterocycles. The molecule has 0 bridgehead atoms. The molecule has 0 radical (unpaired) electrons. The molecule has 7 aromatic rings. The molecule has 0 amide bonds. The van der Waals surface area contributed by atoms with Crippen molar-refractivity contribution in [2.45, 2.75) is 163 Å². The monoisotopic (exact) mass is 1900 g/mol. The molecule has 3 unspecified atom stereocenters. The van der Waals surface area contributed by atoms with Crippen LogP contribution in [0.3, 0.4) is 0 Å². The number of carbonyl (C=O) groups is 5. The van der Waals surface area contributed by atoms with Gasteiger partial charge in [-0.25, -0.2) is 19.2 Å². The van der Waals surface area contributed by atoms with Crippen LogP contribution in [0.2, 0.25) is 0 Å². The van der Waals surface area contributed by atoms with E-state index in [0.29, 0.717) is 144 Å². The average molecular weight is 1910 g/mol. The molecular weight excluding hydrogens is 1800 g/mol. The van der Waals surface area contributed by atoms with Gasteiger partial charge in [-0.2, -0.15) is 0 Å². The van der Waals surface area contributed by atoms with Crippen molar-refractivity contribution >= 4 is 106 Å². The fourth-order valence-electron chi connectivity index (χ4n) is 12.7. The van der Waals surface area contributed by atoms with Gasteiger partial charge in [0, 0.05) is 40.1 Å². The van der Waals surface area contributed by atoms with Gasteiger partial charge in [0.25, 0.3) is 5.78 Å². The van der Waals surface area contributed by atoms with Crippen molar-refractivity contribution in [3.05, 3.63) is 154 Å². The van der Waals surface area contributed by atoms with Crippen LogP contribution in [0.4, 0.5) is 0 Å². The molecule has 8 aliphatic rings. The molecule has 0 aromatic heterocycles. The zero-order valence-corrected chi connectivity index (χ0v) is 75.8. The third kappa shape index (κ3) is 25.1. The van der Waals surface area contributed by atoms with Gasteiger partial charge in [-0.15, -0.1) is 0 Å². The summed E-state index contributed by atoms with van der Waals surface area (Å²) in [6.45, 7) is 34.2. The largest absolute Gasteiger partial charge is 0.494 e. The van der Waals surface area contributed by atoms with Gasteiger partial charge in [0.1, 0.15) is 77.6 Å². The maximum atomic E-state index is 13.0. The number of carbonyl (C=O) groups excluding carboxylic acids is 5. The molecule has 31 heteroatoms. The summed E-state index contributed by atoms with van der Waals surface area (Å²) in [5, 5.41) is 9.90. The quantitative estimate of drug-likeness (QED) is 0.0309. The zero-order chi connectivity index (χ0) is 85.9. The lowest BCUT2D eigenvalue weighted by atomic mass is 9.78. The first-order valence-electron chi connectivity index (χ1n) is 39.6. The van der Waals surface area contributed by atoms with Gasteiger partial charge in [-0.1, -0.05) is 66.0 Å². The highest BCUT2D eigenvalue weighted by Crippen LogP contribution is 2.46. The van der Waals surface area contributed by atoms with Crippen molar-refractivity contribution in [1.29, 1.82) is 0 Å². The number of halogens is 4. The first-order valence-corrected chi connectivity index (χ1v) is 42.7. The fourth-order valence-corrected chi connectivity index (χ4v) is 14.6. The lowest BCUT2D eigenvalue weighted by Gasteiger charge is -2.32. The summed E-state index contributed by atoms with van der Waals surface area (Å²) in [5.41, 5.74) is 5.70. The molecular formula is C88H103BBr4O26. The molecule has 1 fully saturated rings. The summed E-state index contributed by atoms with van der Waals surface area (Å²) in [6.07, 6.45) is 1.05. The van der Waals surface area contributed by atoms with E-state index < -0.39 is 59.2 Å². The van der Waals surface area contributed by atoms with Crippen molar-refractivity contribution in [2.75, 3.05) is 106 Å². The number of rotatable bonds is 16. The lowest BCUT2D eigenvalue weighted by Crippen LogP contribution is -2.41. The minimum Gasteiger partial charge on any atom is -0.493 e. The van der Waals surface area contributed by atoms with Crippen LogP contribution in [-0.2, 0) is 69.7 Å². The van der Waals surface area contributed by atoms with Gasteiger partial charge < -0.3 is 99.7 Å². The Kier molecular flexibility index (Phi) is 33.0. The van der Waals surface area contributed by atoms with E-state index in [1.807, 2.05) is 96.1 Å². The van der Waals surface area contributed by atoms with Gasteiger partial charge in [0.15, 0.2) is 75.8 Å². The zero-order valence-electron chi connectivity index (χ0n) is 69.4. The topological polar surface area (TPSA) is 290 Å². The number of aryl methyl sites for hydroxylation is 2. The number of hydrogen-bond donors (Lipinski definition) is 1. The summed E-state index contributed by atoms with van der Waals surface area (Å²) >= 11 is 13.4. The van der Waals surface area contributed by atoms with Crippen molar-refractivity contribution < 1.29 is 124 Å². The minimum atomic E-state index is -1.34. The molecule has 8 heterocycles. The third-order valence-electron chi connectivity index (χ3n) is 18.9. The Labute approximate surface area is 728 Å². The van der Waals surface area contributed by atoms with Crippen molar-refractivity contribution in [3.63, 3.8) is 0 Å². The van der Waals surface area contributed by atoms with E-state index in [-0.39, 0.29) is 43.7 Å². The maximum Gasteiger partial charge on any atom is 0.494 e. The Hall–Kier alpha value is -8.53. The highest BCUT2D eigenvalue weighted by atomic mass is 79.9. The number of Topliss-reactive ketones (excluding diaryl/α,β-unsaturated/α-hetero) is 1. The smallest absolute Gasteiger partial charge is 0.493 e. The van der Waals surface area contributed by atoms with Gasteiger partial charge in [-0.3, -0.25) is 4.79 Å². The Morgan fingerprint density at radius 2 is 0.773 bits per heavy atom. The van der Waals surface area contributed by atoms with E-state index in [9.17, 15) is 29.1 Å². The molecule has 3 atom stereocenters. The maximum absolute atomic E-state index is 13.0. The summed E-state index contributed by atoms with van der Waals surface area (Å²) in [4.78, 5) is 60.0. The highest BCUT2D eigenvalue weighted by Gasteiger charge is 2.52. The van der Waals surface area contributed by atoms with Gasteiger partial charge in [-0.05, 0) is 251 Å². The van der Waals surface area contributed by atoms with E-state index >= 15 is 0 Å².